The Labute approximate surface area is 80.8 Å². The summed E-state index contributed by atoms with van der Waals surface area (Å²) in [4.78, 5) is 0. The highest BCUT2D eigenvalue weighted by Crippen LogP contribution is 2.33. The van der Waals surface area contributed by atoms with Crippen molar-refractivity contribution in [2.75, 3.05) is 6.54 Å². The van der Waals surface area contributed by atoms with Crippen molar-refractivity contribution < 1.29 is 9.50 Å². The zero-order chi connectivity index (χ0) is 10.1. The van der Waals surface area contributed by atoms with Crippen molar-refractivity contribution in [1.29, 1.82) is 5.26 Å². The molecule has 0 saturated carbocycles. The lowest BCUT2D eigenvalue weighted by molar-refractivity contribution is 0.362. The van der Waals surface area contributed by atoms with Crippen molar-refractivity contribution in [3.05, 3.63) is 29.1 Å². The van der Waals surface area contributed by atoms with Crippen molar-refractivity contribution in [3.8, 4) is 11.8 Å². The fourth-order valence-corrected chi connectivity index (χ4v) is 1.52. The summed E-state index contributed by atoms with van der Waals surface area (Å²) in [6, 6.07) is 4.44. The van der Waals surface area contributed by atoms with Gasteiger partial charge in [-0.15, -0.1) is 0 Å². The molecule has 2 rings (SSSR count). The van der Waals surface area contributed by atoms with E-state index in [1.165, 1.54) is 12.1 Å². The number of nitrogens with one attached hydrogen (secondary N) is 1. The van der Waals surface area contributed by atoms with Gasteiger partial charge in [0.25, 0.3) is 0 Å². The highest BCUT2D eigenvalue weighted by Gasteiger charge is 2.24. The fraction of sp³-hybridized carbons (Fsp3) is 0.300. The minimum Gasteiger partial charge on any atom is -0.506 e. The predicted octanol–water partition coefficient (Wildman–Crippen LogP) is 1.44. The van der Waals surface area contributed by atoms with Gasteiger partial charge in [-0.25, -0.2) is 4.39 Å². The molecule has 1 aromatic rings. The van der Waals surface area contributed by atoms with Crippen molar-refractivity contribution in [1.82, 2.24) is 5.32 Å². The Hall–Kier alpha value is -1.60. The molecule has 0 radical (unpaired) electrons. The average Bonchev–Trinajstić information content (AvgIpc) is 2.08. The second kappa shape index (κ2) is 3.28. The maximum atomic E-state index is 13.0. The second-order valence-electron chi connectivity index (χ2n) is 3.27. The molecule has 1 aliphatic rings. The summed E-state index contributed by atoms with van der Waals surface area (Å²) < 4.78 is 13.0. The first-order valence-corrected chi connectivity index (χ1v) is 4.39. The molecule has 1 fully saturated rings. The lowest BCUT2D eigenvalue weighted by Gasteiger charge is -2.28. The molecular weight excluding hydrogens is 183 g/mol. The van der Waals surface area contributed by atoms with Gasteiger partial charge in [-0.2, -0.15) is 5.26 Å². The highest BCUT2D eigenvalue weighted by molar-refractivity contribution is 5.50. The van der Waals surface area contributed by atoms with Gasteiger partial charge < -0.3 is 10.4 Å². The van der Waals surface area contributed by atoms with E-state index in [2.05, 4.69) is 5.32 Å². The number of benzene rings is 1. The Kier molecular flexibility index (Phi) is 2.10. The van der Waals surface area contributed by atoms with Gasteiger partial charge in [0, 0.05) is 11.6 Å². The molecule has 2 N–H and O–H groups in total. The van der Waals surface area contributed by atoms with Crippen molar-refractivity contribution in [2.45, 2.75) is 12.5 Å². The number of halogens is 1. The number of phenolic OH excluding ortho intramolecular Hbond substituents is 1. The van der Waals surface area contributed by atoms with Crippen LogP contribution in [0, 0.1) is 17.1 Å². The largest absolute Gasteiger partial charge is 0.506 e. The molecule has 14 heavy (non-hydrogen) atoms. The topological polar surface area (TPSA) is 56.0 Å². The van der Waals surface area contributed by atoms with Crippen LogP contribution in [-0.4, -0.2) is 11.7 Å². The van der Waals surface area contributed by atoms with Crippen molar-refractivity contribution >= 4 is 0 Å². The van der Waals surface area contributed by atoms with E-state index < -0.39 is 5.82 Å². The number of aromatic hydroxyl groups is 1. The van der Waals surface area contributed by atoms with E-state index in [9.17, 15) is 9.50 Å². The van der Waals surface area contributed by atoms with Gasteiger partial charge in [0.15, 0.2) is 0 Å². The van der Waals surface area contributed by atoms with Crippen LogP contribution in [0.1, 0.15) is 23.6 Å². The van der Waals surface area contributed by atoms with E-state index in [4.69, 9.17) is 5.26 Å². The average molecular weight is 192 g/mol. The van der Waals surface area contributed by atoms with Crippen LogP contribution in [0.3, 0.4) is 0 Å². The minimum absolute atomic E-state index is 0.0581. The Balaban J connectivity index is 2.47. The summed E-state index contributed by atoms with van der Waals surface area (Å²) in [5.41, 5.74) is 0.338. The molecule has 0 amide bonds. The maximum absolute atomic E-state index is 13.0. The summed E-state index contributed by atoms with van der Waals surface area (Å²) in [6.45, 7) is 0.892. The van der Waals surface area contributed by atoms with Crippen LogP contribution in [0.25, 0.3) is 0 Å². The molecule has 0 unspecified atom stereocenters. The number of nitriles is 1. The fourth-order valence-electron chi connectivity index (χ4n) is 1.52. The smallest absolute Gasteiger partial charge is 0.144 e. The standard InChI is InChI=1S/C10H9FN2O/c11-8-2-1-6(9-3-4-13-9)10(14)7(8)5-12/h1-2,9,13-14H,3-4H2/t9-/m1/s1. The van der Waals surface area contributed by atoms with Gasteiger partial charge in [-0.1, -0.05) is 6.07 Å². The SMILES string of the molecule is N#Cc1c(F)ccc([C@H]2CCN2)c1O. The lowest BCUT2D eigenvalue weighted by atomic mass is 9.95. The number of nitrogens with zero attached hydrogens (tertiary/aromatic N) is 1. The molecule has 0 spiro atoms. The van der Waals surface area contributed by atoms with E-state index in [-0.39, 0.29) is 17.4 Å². The summed E-state index contributed by atoms with van der Waals surface area (Å²) in [7, 11) is 0. The predicted molar refractivity (Wildman–Crippen MR) is 48.1 cm³/mol. The Morgan fingerprint density at radius 2 is 2.29 bits per heavy atom. The van der Waals surface area contributed by atoms with E-state index in [0.717, 1.165) is 13.0 Å². The molecule has 1 saturated heterocycles. The number of hydrogen-bond acceptors (Lipinski definition) is 3. The van der Waals surface area contributed by atoms with E-state index >= 15 is 0 Å². The molecule has 1 heterocycles. The zero-order valence-corrected chi connectivity index (χ0v) is 7.42. The highest BCUT2D eigenvalue weighted by atomic mass is 19.1. The van der Waals surface area contributed by atoms with E-state index in [1.54, 1.807) is 6.07 Å². The molecule has 72 valence electrons. The lowest BCUT2D eigenvalue weighted by Crippen LogP contribution is -2.35. The van der Waals surface area contributed by atoms with Crippen LogP contribution in [-0.2, 0) is 0 Å². The van der Waals surface area contributed by atoms with Crippen LogP contribution in [0.15, 0.2) is 12.1 Å². The first-order chi connectivity index (χ1) is 6.74. The van der Waals surface area contributed by atoms with Crippen molar-refractivity contribution in [2.24, 2.45) is 0 Å². The third-order valence-electron chi connectivity index (χ3n) is 2.47. The monoisotopic (exact) mass is 192 g/mol. The molecule has 0 aliphatic carbocycles. The molecule has 0 bridgehead atoms. The first kappa shape index (κ1) is 8.97. The van der Waals surface area contributed by atoms with Crippen LogP contribution in [0.2, 0.25) is 0 Å². The van der Waals surface area contributed by atoms with Gasteiger partial charge >= 0.3 is 0 Å². The molecule has 1 aromatic carbocycles. The Morgan fingerprint density at radius 1 is 1.57 bits per heavy atom. The molecule has 0 aromatic heterocycles. The Bertz CT molecular complexity index is 407. The van der Waals surface area contributed by atoms with Gasteiger partial charge in [0.2, 0.25) is 0 Å². The summed E-state index contributed by atoms with van der Waals surface area (Å²) in [5, 5.41) is 21.3. The third-order valence-corrected chi connectivity index (χ3v) is 2.47. The number of rotatable bonds is 1. The van der Waals surface area contributed by atoms with Crippen LogP contribution in [0.4, 0.5) is 4.39 Å². The van der Waals surface area contributed by atoms with Gasteiger partial charge in [0.05, 0.1) is 0 Å². The van der Waals surface area contributed by atoms with Crippen LogP contribution < -0.4 is 5.32 Å². The van der Waals surface area contributed by atoms with Gasteiger partial charge in [-0.3, -0.25) is 0 Å². The Morgan fingerprint density at radius 3 is 2.79 bits per heavy atom. The molecule has 1 aliphatic heterocycles. The van der Waals surface area contributed by atoms with Crippen LogP contribution in [0.5, 0.6) is 5.75 Å². The van der Waals surface area contributed by atoms with Crippen LogP contribution >= 0.6 is 0 Å². The second-order valence-corrected chi connectivity index (χ2v) is 3.27. The van der Waals surface area contributed by atoms with E-state index in [1.807, 2.05) is 0 Å². The first-order valence-electron chi connectivity index (χ1n) is 4.39. The number of phenols is 1. The van der Waals surface area contributed by atoms with E-state index in [0.29, 0.717) is 5.56 Å². The third kappa shape index (κ3) is 1.22. The quantitative estimate of drug-likeness (QED) is 0.707. The maximum Gasteiger partial charge on any atom is 0.144 e. The number of hydrogen-bond donors (Lipinski definition) is 2. The van der Waals surface area contributed by atoms with Gasteiger partial charge in [-0.05, 0) is 19.0 Å². The summed E-state index contributed by atoms with van der Waals surface area (Å²) >= 11 is 0. The van der Waals surface area contributed by atoms with Gasteiger partial charge in [0.1, 0.15) is 23.2 Å². The summed E-state index contributed by atoms with van der Waals surface area (Å²) in [5.74, 6) is -0.905. The molecule has 3 nitrogen and oxygen atoms in total. The molecular formula is C10H9FN2O. The molecule has 4 heteroatoms. The van der Waals surface area contributed by atoms with Crippen molar-refractivity contribution in [3.63, 3.8) is 0 Å². The molecule has 1 atom stereocenters. The summed E-state index contributed by atoms with van der Waals surface area (Å²) in [6.07, 6.45) is 0.907. The zero-order valence-electron chi connectivity index (χ0n) is 7.42. The normalized spacial score (nSPS) is 19.9. The minimum atomic E-state index is -0.673.